The molecule has 0 spiro atoms. The molecule has 23 heavy (non-hydrogen) atoms. The van der Waals surface area contributed by atoms with Crippen molar-refractivity contribution in [3.63, 3.8) is 0 Å². The number of benzene rings is 1. The fourth-order valence-electron chi connectivity index (χ4n) is 3.21. The van der Waals surface area contributed by atoms with E-state index >= 15 is 0 Å². The fourth-order valence-corrected chi connectivity index (χ4v) is 3.21. The lowest BCUT2D eigenvalue weighted by Crippen LogP contribution is -2.34. The van der Waals surface area contributed by atoms with Crippen LogP contribution in [0.3, 0.4) is 0 Å². The van der Waals surface area contributed by atoms with Crippen LogP contribution in [0.15, 0.2) is 30.3 Å². The van der Waals surface area contributed by atoms with Crippen molar-refractivity contribution in [2.24, 2.45) is 0 Å². The summed E-state index contributed by atoms with van der Waals surface area (Å²) in [5.74, 6) is 0. The van der Waals surface area contributed by atoms with Gasteiger partial charge in [-0.25, -0.2) is 4.68 Å². The van der Waals surface area contributed by atoms with E-state index in [1.54, 1.807) is 0 Å². The predicted molar refractivity (Wildman–Crippen MR) is 77.5 cm³/mol. The zero-order chi connectivity index (χ0) is 16.5. The molecule has 0 unspecified atom stereocenters. The summed E-state index contributed by atoms with van der Waals surface area (Å²) in [7, 11) is 0. The van der Waals surface area contributed by atoms with E-state index in [1.165, 1.54) is 4.68 Å². The zero-order valence-corrected chi connectivity index (χ0v) is 12.6. The van der Waals surface area contributed by atoms with Crippen LogP contribution in [0.1, 0.15) is 49.1 Å². The Kier molecular flexibility index (Phi) is 4.14. The maximum Gasteiger partial charge on any atom is 0.437 e. The number of hydrogen-bond acceptors (Lipinski definition) is 3. The van der Waals surface area contributed by atoms with Gasteiger partial charge >= 0.3 is 6.18 Å². The van der Waals surface area contributed by atoms with Crippen molar-refractivity contribution in [3.8, 4) is 0 Å². The van der Waals surface area contributed by atoms with Gasteiger partial charge in [0.05, 0.1) is 6.54 Å². The van der Waals surface area contributed by atoms with E-state index in [1.807, 2.05) is 30.3 Å². The molecule has 3 rings (SSSR count). The van der Waals surface area contributed by atoms with Crippen molar-refractivity contribution in [3.05, 3.63) is 47.3 Å². The summed E-state index contributed by atoms with van der Waals surface area (Å²) in [6.45, 7) is 0.154. The third kappa shape index (κ3) is 3.24. The molecule has 0 aliphatic heterocycles. The molecule has 1 aromatic heterocycles. The highest BCUT2D eigenvalue weighted by Gasteiger charge is 2.46. The van der Waals surface area contributed by atoms with Crippen molar-refractivity contribution >= 4 is 0 Å². The van der Waals surface area contributed by atoms with E-state index in [4.69, 9.17) is 0 Å². The number of alkyl halides is 3. The molecular formula is C16H18F3N3O. The van der Waals surface area contributed by atoms with E-state index < -0.39 is 17.5 Å². The minimum Gasteiger partial charge on any atom is -0.383 e. The topological polar surface area (TPSA) is 50.9 Å². The second kappa shape index (κ2) is 5.96. The Morgan fingerprint density at radius 2 is 1.74 bits per heavy atom. The molecular weight excluding hydrogens is 307 g/mol. The lowest BCUT2D eigenvalue weighted by atomic mass is 9.81. The van der Waals surface area contributed by atoms with Gasteiger partial charge in [-0.2, -0.15) is 13.2 Å². The van der Waals surface area contributed by atoms with Gasteiger partial charge in [-0.15, -0.1) is 5.10 Å². The van der Waals surface area contributed by atoms with Crippen LogP contribution in [0.25, 0.3) is 0 Å². The summed E-state index contributed by atoms with van der Waals surface area (Å²) in [5.41, 5.74) is -1.97. The number of aromatic nitrogens is 3. The summed E-state index contributed by atoms with van der Waals surface area (Å²) in [5, 5.41) is 17.9. The smallest absolute Gasteiger partial charge is 0.383 e. The van der Waals surface area contributed by atoms with Crippen molar-refractivity contribution < 1.29 is 18.3 Å². The van der Waals surface area contributed by atoms with E-state index in [-0.39, 0.29) is 12.2 Å². The molecule has 1 aromatic carbocycles. The third-order valence-corrected chi connectivity index (χ3v) is 4.30. The second-order valence-electron chi connectivity index (χ2n) is 6.02. The molecule has 0 atom stereocenters. The molecule has 1 saturated carbocycles. The predicted octanol–water partition coefficient (Wildman–Crippen LogP) is 3.50. The van der Waals surface area contributed by atoms with Crippen LogP contribution >= 0.6 is 0 Å². The average Bonchev–Trinajstić information content (AvgIpc) is 2.94. The Bertz CT molecular complexity index is 661. The van der Waals surface area contributed by atoms with Gasteiger partial charge in [0.1, 0.15) is 11.3 Å². The lowest BCUT2D eigenvalue weighted by molar-refractivity contribution is -0.145. The monoisotopic (exact) mass is 325 g/mol. The fraction of sp³-hybridized carbons (Fsp3) is 0.500. The van der Waals surface area contributed by atoms with E-state index in [9.17, 15) is 18.3 Å². The van der Waals surface area contributed by atoms with E-state index in [0.717, 1.165) is 12.0 Å². The zero-order valence-electron chi connectivity index (χ0n) is 12.6. The molecule has 0 bridgehead atoms. The number of aliphatic hydroxyl groups is 1. The molecule has 1 fully saturated rings. The van der Waals surface area contributed by atoms with Crippen LogP contribution in [-0.4, -0.2) is 20.1 Å². The van der Waals surface area contributed by atoms with Crippen molar-refractivity contribution in [1.82, 2.24) is 15.0 Å². The molecule has 0 amide bonds. The molecule has 1 N–H and O–H groups in total. The molecule has 1 aliphatic rings. The van der Waals surface area contributed by atoms with Crippen LogP contribution in [0.2, 0.25) is 0 Å². The van der Waals surface area contributed by atoms with Crippen molar-refractivity contribution in [2.45, 2.75) is 50.4 Å². The van der Waals surface area contributed by atoms with Crippen LogP contribution in [0.4, 0.5) is 13.2 Å². The maximum atomic E-state index is 13.3. The molecule has 1 aliphatic carbocycles. The first-order valence-electron chi connectivity index (χ1n) is 7.68. The Balaban J connectivity index is 2.04. The second-order valence-corrected chi connectivity index (χ2v) is 6.02. The Morgan fingerprint density at radius 3 is 2.35 bits per heavy atom. The highest BCUT2D eigenvalue weighted by molar-refractivity contribution is 5.24. The first-order valence-corrected chi connectivity index (χ1v) is 7.68. The summed E-state index contributed by atoms with van der Waals surface area (Å²) >= 11 is 0. The van der Waals surface area contributed by atoms with Crippen LogP contribution < -0.4 is 0 Å². The summed E-state index contributed by atoms with van der Waals surface area (Å²) in [6.07, 6.45) is -1.70. The van der Waals surface area contributed by atoms with Crippen LogP contribution in [0, 0.1) is 0 Å². The van der Waals surface area contributed by atoms with Crippen molar-refractivity contribution in [2.75, 3.05) is 0 Å². The highest BCUT2D eigenvalue weighted by atomic mass is 19.4. The van der Waals surface area contributed by atoms with Gasteiger partial charge < -0.3 is 5.11 Å². The van der Waals surface area contributed by atoms with Gasteiger partial charge in [-0.1, -0.05) is 54.8 Å². The number of rotatable bonds is 3. The van der Waals surface area contributed by atoms with Crippen LogP contribution in [0.5, 0.6) is 0 Å². The molecule has 124 valence electrons. The first-order chi connectivity index (χ1) is 10.9. The molecule has 0 saturated heterocycles. The highest BCUT2D eigenvalue weighted by Crippen LogP contribution is 2.42. The van der Waals surface area contributed by atoms with Crippen molar-refractivity contribution in [1.29, 1.82) is 0 Å². The molecule has 2 aromatic rings. The Labute approximate surface area is 131 Å². The third-order valence-electron chi connectivity index (χ3n) is 4.30. The SMILES string of the molecule is OC1(c2c(C(F)(F)F)nnn2Cc2ccccc2)CCCCC1. The molecule has 7 heteroatoms. The standard InChI is InChI=1S/C16H18F3N3O/c17-16(18,19)13-14(15(23)9-5-2-6-10-15)22(21-20-13)11-12-7-3-1-4-8-12/h1,3-4,7-8,23H,2,5-6,9-11H2. The summed E-state index contributed by atoms with van der Waals surface area (Å²) in [4.78, 5) is 0. The van der Waals surface area contributed by atoms with Gasteiger partial charge in [0.25, 0.3) is 0 Å². The van der Waals surface area contributed by atoms with Crippen LogP contribution in [-0.2, 0) is 18.3 Å². The average molecular weight is 325 g/mol. The Morgan fingerprint density at radius 1 is 1.09 bits per heavy atom. The molecule has 0 radical (unpaired) electrons. The largest absolute Gasteiger partial charge is 0.437 e. The number of halogens is 3. The number of hydrogen-bond donors (Lipinski definition) is 1. The minimum absolute atomic E-state index is 0.154. The summed E-state index contributed by atoms with van der Waals surface area (Å²) < 4.78 is 41.1. The van der Waals surface area contributed by atoms with Gasteiger partial charge in [0.15, 0.2) is 5.69 Å². The van der Waals surface area contributed by atoms with E-state index in [2.05, 4.69) is 10.3 Å². The lowest BCUT2D eigenvalue weighted by Gasteiger charge is -2.33. The summed E-state index contributed by atoms with van der Waals surface area (Å²) in [6, 6.07) is 9.08. The maximum absolute atomic E-state index is 13.3. The quantitative estimate of drug-likeness (QED) is 0.940. The van der Waals surface area contributed by atoms with Gasteiger partial charge in [-0.3, -0.25) is 0 Å². The number of nitrogens with zero attached hydrogens (tertiary/aromatic N) is 3. The van der Waals surface area contributed by atoms with Gasteiger partial charge in [0.2, 0.25) is 0 Å². The van der Waals surface area contributed by atoms with Gasteiger partial charge in [0, 0.05) is 0 Å². The minimum atomic E-state index is -4.63. The van der Waals surface area contributed by atoms with Gasteiger partial charge in [-0.05, 0) is 18.4 Å². The normalized spacial score (nSPS) is 18.1. The van der Waals surface area contributed by atoms with E-state index in [0.29, 0.717) is 25.7 Å². The Hall–Kier alpha value is -1.89. The molecule has 4 nitrogen and oxygen atoms in total. The first kappa shape index (κ1) is 16.0. The molecule has 1 heterocycles.